The quantitative estimate of drug-likeness (QED) is 0.00323. The predicted molar refractivity (Wildman–Crippen MR) is 399 cm³/mol. The van der Waals surface area contributed by atoms with Crippen LogP contribution in [0.5, 0.6) is 0 Å². The van der Waals surface area contributed by atoms with E-state index in [1.165, 1.54) is 0 Å². The molecule has 0 rings (SSSR count). The van der Waals surface area contributed by atoms with E-state index >= 15 is 0 Å². The summed E-state index contributed by atoms with van der Waals surface area (Å²) >= 11 is 0. The van der Waals surface area contributed by atoms with E-state index < -0.39 is 50.8 Å². The number of hydrogen-bond donors (Lipinski definition) is 8. The topological polar surface area (TPSA) is 371 Å². The van der Waals surface area contributed by atoms with Crippen LogP contribution in [0.1, 0.15) is 188 Å². The molecule has 6 amide bonds. The van der Waals surface area contributed by atoms with Crippen LogP contribution in [0, 0.1) is 0 Å². The summed E-state index contributed by atoms with van der Waals surface area (Å²) in [5.74, 6) is -0.230. The van der Waals surface area contributed by atoms with Crippen molar-refractivity contribution in [3.05, 3.63) is 24.5 Å². The summed E-state index contributed by atoms with van der Waals surface area (Å²) in [6, 6.07) is 2.01. The van der Waals surface area contributed by atoms with Gasteiger partial charge in [-0.15, -0.1) is 0 Å². The maximum absolute atomic E-state index is 12.1. The van der Waals surface area contributed by atoms with E-state index in [-0.39, 0.29) is 106 Å². The fourth-order valence-electron chi connectivity index (χ4n) is 9.63. The Morgan fingerprint density at radius 1 is 0.356 bits per heavy atom. The minimum absolute atomic E-state index is 0.0149. The molecule has 0 saturated heterocycles. The first-order valence-electron chi connectivity index (χ1n) is 37.8. The number of amides is 6. The molecule has 33 heteroatoms. The van der Waals surface area contributed by atoms with Crippen LogP contribution in [0.3, 0.4) is 0 Å². The van der Waals surface area contributed by atoms with Gasteiger partial charge in [0.15, 0.2) is 15.1 Å². The Balaban J connectivity index is 3.55. The summed E-state index contributed by atoms with van der Waals surface area (Å²) in [6.45, 7) is 27.8. The number of ether oxygens (including phenoxy) is 12. The lowest BCUT2D eigenvalue weighted by Crippen LogP contribution is -2.44. The minimum atomic E-state index is -1.93. The molecular formula is C71H135N8O23Si2. The molecule has 0 saturated carbocycles. The number of esters is 2. The Bertz CT molecular complexity index is 2220. The predicted octanol–water partition coefficient (Wildman–Crippen LogP) is 10.2. The molecule has 0 aliphatic carbocycles. The second-order valence-corrected chi connectivity index (χ2v) is 32.5. The highest BCUT2D eigenvalue weighted by Crippen LogP contribution is 2.23. The standard InChI is InChI=1S/C71H135N8O23Si2/c1-61(2)64(81)92-51-52-96-68(85)78-40-27-18-16-23-36-73-59-101-100-56-55-91-63(80)33-21-30-35-72-34-22-15-17-26-39-75-66(83)94-49-46-89-44-32-58-104(7,8)102-71(5,6)103-57-31-43-88-45-48-93-65(82)74-37-24-13-11-9-10-12-14-25-38-77-69(86)97-53-54-98-70(87)79-42-29-20-19-28-41-76-67(84)95-50-47-90-60-99-62(3)4/h72-73,103H,1,3,9-60H2,2,4-8H3,(H,74,82)(H,75,83)(H,76,84)(H,77,86)(H,78,85)(H,79,87). The molecule has 8 N–H and O–H groups in total. The molecular weight excluding hydrogens is 1390 g/mol. The van der Waals surface area contributed by atoms with E-state index in [9.17, 15) is 38.4 Å². The average molecular weight is 1530 g/mol. The van der Waals surface area contributed by atoms with Gasteiger partial charge in [0.05, 0.1) is 35.1 Å². The third kappa shape index (κ3) is 74.2. The van der Waals surface area contributed by atoms with Crippen molar-refractivity contribution in [3.8, 4) is 0 Å². The first kappa shape index (κ1) is 98.0. The third-order valence-corrected chi connectivity index (χ3v) is 19.7. The molecule has 0 aromatic carbocycles. The van der Waals surface area contributed by atoms with Crippen LogP contribution in [-0.2, 0) is 80.6 Å². The van der Waals surface area contributed by atoms with Gasteiger partial charge in [-0.2, -0.15) is 0 Å². The van der Waals surface area contributed by atoms with Gasteiger partial charge in [0, 0.05) is 69.7 Å². The number of alkyl carbamates (subject to hydrolysis) is 6. The van der Waals surface area contributed by atoms with Crippen molar-refractivity contribution in [1.29, 1.82) is 0 Å². The molecule has 0 aliphatic heterocycles. The maximum atomic E-state index is 12.1. The number of carbonyl (C=O) groups excluding carboxylic acids is 8. The van der Waals surface area contributed by atoms with Crippen LogP contribution >= 0.6 is 0 Å². The molecule has 0 aromatic heterocycles. The van der Waals surface area contributed by atoms with Crippen molar-refractivity contribution >= 4 is 66.3 Å². The van der Waals surface area contributed by atoms with Gasteiger partial charge in [0.1, 0.15) is 66.2 Å². The molecule has 0 atom stereocenters. The molecule has 104 heavy (non-hydrogen) atoms. The summed E-state index contributed by atoms with van der Waals surface area (Å²) in [7, 11) is -1.88. The van der Waals surface area contributed by atoms with E-state index in [4.69, 9.17) is 71.0 Å². The monoisotopic (exact) mass is 1520 g/mol. The van der Waals surface area contributed by atoms with Gasteiger partial charge in [-0.25, -0.2) is 43.3 Å². The fraction of sp³-hybridized carbons (Fsp3) is 0.831. The van der Waals surface area contributed by atoms with Crippen LogP contribution in [0.25, 0.3) is 0 Å². The van der Waals surface area contributed by atoms with Gasteiger partial charge in [0.25, 0.3) is 0 Å². The zero-order valence-electron chi connectivity index (χ0n) is 64.2. The molecule has 0 fully saturated rings. The lowest BCUT2D eigenvalue weighted by atomic mass is 10.1. The first-order valence-corrected chi connectivity index (χ1v) is 42.4. The van der Waals surface area contributed by atoms with Crippen molar-refractivity contribution in [3.63, 3.8) is 0 Å². The number of rotatable bonds is 73. The van der Waals surface area contributed by atoms with Gasteiger partial charge in [-0.05, 0) is 144 Å². The van der Waals surface area contributed by atoms with E-state index in [1.54, 1.807) is 13.8 Å². The van der Waals surface area contributed by atoms with Crippen molar-refractivity contribution in [2.24, 2.45) is 0 Å². The van der Waals surface area contributed by atoms with Crippen molar-refractivity contribution in [1.82, 2.24) is 42.5 Å². The zero-order valence-corrected chi connectivity index (χ0v) is 66.3. The molecule has 31 nitrogen and oxygen atoms in total. The lowest BCUT2D eigenvalue weighted by Gasteiger charge is -2.35. The Hall–Kier alpha value is -6.05. The number of hydrogen-bond acceptors (Lipinski definition) is 25. The molecule has 0 bridgehead atoms. The van der Waals surface area contributed by atoms with Crippen LogP contribution < -0.4 is 42.5 Å². The normalized spacial score (nSPS) is 11.2. The van der Waals surface area contributed by atoms with Gasteiger partial charge in [-0.1, -0.05) is 96.3 Å². The van der Waals surface area contributed by atoms with E-state index in [0.29, 0.717) is 77.9 Å². The highest BCUT2D eigenvalue weighted by molar-refractivity contribution is 6.71. The molecule has 1 radical (unpaired) electrons. The second kappa shape index (κ2) is 71.2. The summed E-state index contributed by atoms with van der Waals surface area (Å²) in [4.78, 5) is 105. The third-order valence-electron chi connectivity index (χ3n) is 15.0. The first-order chi connectivity index (χ1) is 50.2. The minimum Gasteiger partial charge on any atom is -0.473 e. The van der Waals surface area contributed by atoms with Crippen molar-refractivity contribution in [2.75, 3.05) is 165 Å². The van der Waals surface area contributed by atoms with E-state index in [0.717, 1.165) is 186 Å². The molecule has 0 unspecified atom stereocenters. The van der Waals surface area contributed by atoms with E-state index in [2.05, 4.69) is 82.6 Å². The van der Waals surface area contributed by atoms with Crippen LogP contribution in [-0.4, -0.2) is 236 Å². The average Bonchev–Trinajstić information content (AvgIpc) is 0.871. The number of nitrogens with one attached hydrogen (secondary N) is 8. The highest BCUT2D eigenvalue weighted by Gasteiger charge is 2.31. The van der Waals surface area contributed by atoms with Gasteiger partial charge < -0.3 is 98.5 Å². The Morgan fingerprint density at radius 2 is 0.702 bits per heavy atom. The SMILES string of the molecule is C=C(C)OCOCCOC(=O)NCCCCCCNC(=O)OCCOC(=O)NCCCCCCCCCCNC(=O)OCCOCCC[SiH]C(C)(C)O[Si](C)(C)CCCOCCOC(=O)NCCCCCCNCCCCC(=O)OCCOOCNCCCCCCNC(=O)OCCOC(=O)C(=C)C. The summed E-state index contributed by atoms with van der Waals surface area (Å²) in [6.07, 6.45) is 19.7. The van der Waals surface area contributed by atoms with Gasteiger partial charge >= 0.3 is 48.5 Å². The van der Waals surface area contributed by atoms with Gasteiger partial charge in [0.2, 0.25) is 0 Å². The van der Waals surface area contributed by atoms with Crippen LogP contribution in [0.4, 0.5) is 28.8 Å². The largest absolute Gasteiger partial charge is 0.473 e. The molecule has 0 aliphatic rings. The Kier molecular flexibility index (Phi) is 67.1. The van der Waals surface area contributed by atoms with Gasteiger partial charge in [-0.3, -0.25) is 10.1 Å². The maximum Gasteiger partial charge on any atom is 0.407 e. The fourth-order valence-corrected chi connectivity index (χ4v) is 14.5. The molecule has 0 spiro atoms. The Labute approximate surface area is 623 Å². The van der Waals surface area contributed by atoms with Crippen LogP contribution in [0.15, 0.2) is 24.5 Å². The second-order valence-electron chi connectivity index (χ2n) is 25.9. The van der Waals surface area contributed by atoms with Crippen LogP contribution in [0.2, 0.25) is 25.2 Å². The summed E-state index contributed by atoms with van der Waals surface area (Å²) in [5.41, 5.74) is 0.289. The lowest BCUT2D eigenvalue weighted by molar-refractivity contribution is -0.302. The molecule has 0 heterocycles. The summed E-state index contributed by atoms with van der Waals surface area (Å²) < 4.78 is 69.1. The molecule has 605 valence electrons. The number of unbranched alkanes of at least 4 members (excludes halogenated alkanes) is 17. The smallest absolute Gasteiger partial charge is 0.407 e. The highest BCUT2D eigenvalue weighted by atomic mass is 28.4. The number of allylic oxidation sites excluding steroid dienone is 1. The zero-order chi connectivity index (χ0) is 76.5. The molecule has 0 aromatic rings. The van der Waals surface area contributed by atoms with Crippen molar-refractivity contribution < 1.29 is 109 Å². The summed E-state index contributed by atoms with van der Waals surface area (Å²) in [5, 5.41) is 22.7. The van der Waals surface area contributed by atoms with Crippen molar-refractivity contribution in [2.45, 2.75) is 219 Å². The Morgan fingerprint density at radius 3 is 1.12 bits per heavy atom. The number of carbonyl (C=O) groups is 8. The van der Waals surface area contributed by atoms with E-state index in [1.807, 2.05) is 0 Å².